The number of halogens is 4. The number of ether oxygens (including phenoxy) is 2. The zero-order valence-corrected chi connectivity index (χ0v) is 10.8. The van der Waals surface area contributed by atoms with Crippen molar-refractivity contribution >= 4 is 17.6 Å². The second-order valence-electron chi connectivity index (χ2n) is 3.56. The first-order chi connectivity index (χ1) is 8.97. The molecule has 0 spiro atoms. The number of hydrogen-bond acceptors (Lipinski definition) is 3. The number of carbonyl (C=O) groups excluding carboxylic acids is 1. The Morgan fingerprint density at radius 1 is 1.42 bits per heavy atom. The molecule has 1 aromatic carbocycles. The van der Waals surface area contributed by atoms with Crippen molar-refractivity contribution in [2.75, 3.05) is 6.61 Å². The number of carbonyl (C=O) groups is 1. The van der Waals surface area contributed by atoms with Gasteiger partial charge < -0.3 is 9.47 Å². The van der Waals surface area contributed by atoms with E-state index < -0.39 is 24.1 Å². The highest BCUT2D eigenvalue weighted by Gasteiger charge is 2.16. The number of esters is 1. The quantitative estimate of drug-likeness (QED) is 0.597. The largest absolute Gasteiger partial charge is 0.466 e. The second-order valence-corrected chi connectivity index (χ2v) is 3.83. The molecule has 1 rings (SSSR count). The van der Waals surface area contributed by atoms with Gasteiger partial charge in [0.25, 0.3) is 0 Å². The van der Waals surface area contributed by atoms with Crippen molar-refractivity contribution in [2.45, 2.75) is 25.8 Å². The summed E-state index contributed by atoms with van der Waals surface area (Å²) in [5.41, 5.74) is 0.283. The van der Waals surface area contributed by atoms with E-state index in [4.69, 9.17) is 16.3 Å². The highest BCUT2D eigenvalue weighted by Crippen LogP contribution is 2.26. The molecule has 3 nitrogen and oxygen atoms in total. The third-order valence-electron chi connectivity index (χ3n) is 2.19. The summed E-state index contributed by atoms with van der Waals surface area (Å²) >= 11 is 5.51. The maximum atomic E-state index is 13.6. The maximum absolute atomic E-state index is 13.6. The van der Waals surface area contributed by atoms with Crippen LogP contribution in [0.5, 0.6) is 5.75 Å². The van der Waals surface area contributed by atoms with Gasteiger partial charge in [-0.3, -0.25) is 4.79 Å². The number of alkyl halides is 3. The predicted octanol–water partition coefficient (Wildman–Crippen LogP) is 3.27. The van der Waals surface area contributed by atoms with Crippen molar-refractivity contribution in [3.63, 3.8) is 0 Å². The van der Waals surface area contributed by atoms with Crippen LogP contribution in [-0.4, -0.2) is 19.2 Å². The van der Waals surface area contributed by atoms with Crippen LogP contribution in [0.25, 0.3) is 0 Å². The molecule has 0 aliphatic carbocycles. The van der Waals surface area contributed by atoms with Gasteiger partial charge in [-0.2, -0.15) is 8.78 Å². The van der Waals surface area contributed by atoms with Crippen molar-refractivity contribution in [1.82, 2.24) is 0 Å². The first-order valence-corrected chi connectivity index (χ1v) is 5.99. The molecule has 1 aromatic rings. The standard InChI is InChI=1S/C12H12ClF3O3/c1-2-18-10(17)5-7-3-8(6-13)11(14)9(4-7)19-12(15)16/h3-4,12H,2,5-6H2,1H3. The van der Waals surface area contributed by atoms with Crippen LogP contribution in [0.4, 0.5) is 13.2 Å². The molecule has 0 aliphatic heterocycles. The molecule has 0 bridgehead atoms. The van der Waals surface area contributed by atoms with Gasteiger partial charge in [-0.1, -0.05) is 6.07 Å². The van der Waals surface area contributed by atoms with E-state index in [9.17, 15) is 18.0 Å². The van der Waals surface area contributed by atoms with E-state index >= 15 is 0 Å². The van der Waals surface area contributed by atoms with E-state index in [0.29, 0.717) is 5.56 Å². The van der Waals surface area contributed by atoms with Gasteiger partial charge in [0.1, 0.15) is 0 Å². The summed E-state index contributed by atoms with van der Waals surface area (Å²) < 4.78 is 46.7. The van der Waals surface area contributed by atoms with Gasteiger partial charge >= 0.3 is 12.6 Å². The molecule has 0 aromatic heterocycles. The van der Waals surface area contributed by atoms with E-state index in [0.717, 1.165) is 6.07 Å². The fraction of sp³-hybridized carbons (Fsp3) is 0.417. The predicted molar refractivity (Wildman–Crippen MR) is 62.9 cm³/mol. The molecule has 0 unspecified atom stereocenters. The molecule has 0 saturated carbocycles. The first kappa shape index (κ1) is 15.6. The highest BCUT2D eigenvalue weighted by molar-refractivity contribution is 6.17. The topological polar surface area (TPSA) is 35.5 Å². The molecule has 0 aliphatic rings. The summed E-state index contributed by atoms with van der Waals surface area (Å²) in [5.74, 6) is -2.35. The van der Waals surface area contributed by atoms with Crippen molar-refractivity contribution in [3.05, 3.63) is 29.1 Å². The Bertz CT molecular complexity index is 452. The minimum atomic E-state index is -3.16. The van der Waals surface area contributed by atoms with Crippen LogP contribution in [0, 0.1) is 5.82 Å². The lowest BCUT2D eigenvalue weighted by atomic mass is 10.1. The monoisotopic (exact) mass is 296 g/mol. The molecule has 0 radical (unpaired) electrons. The Hall–Kier alpha value is -1.43. The molecule has 0 amide bonds. The summed E-state index contributed by atoms with van der Waals surface area (Å²) in [4.78, 5) is 11.3. The molecule has 0 N–H and O–H groups in total. The Morgan fingerprint density at radius 2 is 2.11 bits per heavy atom. The SMILES string of the molecule is CCOC(=O)Cc1cc(CCl)c(F)c(OC(F)F)c1. The number of rotatable bonds is 6. The third kappa shape index (κ3) is 4.63. The second kappa shape index (κ2) is 7.23. The Kier molecular flexibility index (Phi) is 5.95. The van der Waals surface area contributed by atoms with Crippen molar-refractivity contribution in [2.24, 2.45) is 0 Å². The molecule has 0 heterocycles. The highest BCUT2D eigenvalue weighted by atomic mass is 35.5. The fourth-order valence-electron chi connectivity index (χ4n) is 1.48. The Labute approximate surface area is 113 Å². The van der Waals surface area contributed by atoms with Crippen molar-refractivity contribution in [1.29, 1.82) is 0 Å². The van der Waals surface area contributed by atoms with E-state index in [-0.39, 0.29) is 24.5 Å². The van der Waals surface area contributed by atoms with Crippen LogP contribution in [0.3, 0.4) is 0 Å². The third-order valence-corrected chi connectivity index (χ3v) is 2.48. The van der Waals surface area contributed by atoms with Crippen LogP contribution in [-0.2, 0) is 21.8 Å². The zero-order valence-electron chi connectivity index (χ0n) is 10.1. The maximum Gasteiger partial charge on any atom is 0.387 e. The molecule has 7 heteroatoms. The molecular weight excluding hydrogens is 285 g/mol. The van der Waals surface area contributed by atoms with E-state index in [1.807, 2.05) is 0 Å². The van der Waals surface area contributed by atoms with Crippen LogP contribution in [0.2, 0.25) is 0 Å². The Balaban J connectivity index is 3.01. The average Bonchev–Trinajstić information content (AvgIpc) is 2.32. The molecule has 0 atom stereocenters. The van der Waals surface area contributed by atoms with E-state index in [1.54, 1.807) is 6.92 Å². The van der Waals surface area contributed by atoms with Crippen LogP contribution < -0.4 is 4.74 Å². The summed E-state index contributed by atoms with van der Waals surface area (Å²) in [6.45, 7) is -1.32. The first-order valence-electron chi connectivity index (χ1n) is 5.45. The minimum absolute atomic E-state index is 0.0147. The number of hydrogen-bond donors (Lipinski definition) is 0. The van der Waals surface area contributed by atoms with E-state index in [2.05, 4.69) is 4.74 Å². The van der Waals surface area contributed by atoms with Gasteiger partial charge in [0, 0.05) is 5.56 Å². The van der Waals surface area contributed by atoms with Crippen LogP contribution >= 0.6 is 11.6 Å². The van der Waals surface area contributed by atoms with Gasteiger partial charge in [0.05, 0.1) is 18.9 Å². The normalized spacial score (nSPS) is 10.6. The molecule has 106 valence electrons. The lowest BCUT2D eigenvalue weighted by Crippen LogP contribution is -2.10. The summed E-state index contributed by atoms with van der Waals surface area (Å²) in [6, 6.07) is 2.35. The number of benzene rings is 1. The zero-order chi connectivity index (χ0) is 14.4. The fourth-order valence-corrected chi connectivity index (χ4v) is 1.67. The summed E-state index contributed by atoms with van der Waals surface area (Å²) in [5, 5.41) is 0. The summed E-state index contributed by atoms with van der Waals surface area (Å²) in [7, 11) is 0. The lowest BCUT2D eigenvalue weighted by molar-refractivity contribution is -0.142. The molecule has 0 fully saturated rings. The van der Waals surface area contributed by atoms with Gasteiger partial charge in [0.15, 0.2) is 11.6 Å². The van der Waals surface area contributed by atoms with E-state index in [1.165, 1.54) is 6.07 Å². The van der Waals surface area contributed by atoms with Gasteiger partial charge in [-0.15, -0.1) is 11.6 Å². The van der Waals surface area contributed by atoms with Crippen LogP contribution in [0.1, 0.15) is 18.1 Å². The smallest absolute Gasteiger partial charge is 0.387 e. The summed E-state index contributed by atoms with van der Waals surface area (Å²) in [6.07, 6.45) is -0.169. The Morgan fingerprint density at radius 3 is 2.63 bits per heavy atom. The van der Waals surface area contributed by atoms with Crippen molar-refractivity contribution in [3.8, 4) is 5.75 Å². The van der Waals surface area contributed by atoms with Gasteiger partial charge in [-0.25, -0.2) is 4.39 Å². The lowest BCUT2D eigenvalue weighted by Gasteiger charge is -2.11. The van der Waals surface area contributed by atoms with Crippen LogP contribution in [0.15, 0.2) is 12.1 Å². The van der Waals surface area contributed by atoms with Gasteiger partial charge in [0.2, 0.25) is 0 Å². The molecule has 0 saturated heterocycles. The molecular formula is C12H12ClF3O3. The average molecular weight is 297 g/mol. The van der Waals surface area contributed by atoms with Gasteiger partial charge in [-0.05, 0) is 18.6 Å². The van der Waals surface area contributed by atoms with Crippen molar-refractivity contribution < 1.29 is 27.4 Å². The molecule has 19 heavy (non-hydrogen) atoms. The minimum Gasteiger partial charge on any atom is -0.466 e.